The van der Waals surface area contributed by atoms with Crippen LogP contribution < -0.4 is 0 Å². The first-order valence-corrected chi connectivity index (χ1v) is 5.55. The monoisotopic (exact) mass is 192 g/mol. The van der Waals surface area contributed by atoms with Crippen LogP contribution in [0.15, 0.2) is 24.3 Å². The molecule has 1 nitrogen and oxygen atoms in total. The number of rotatable bonds is 0. The molecule has 1 aliphatic carbocycles. The molecule has 3 unspecified atom stereocenters. The largest absolute Gasteiger partial charge is 0.373 e. The highest BCUT2D eigenvalue weighted by Gasteiger charge is 2.34. The molecule has 0 radical (unpaired) electrons. The van der Waals surface area contributed by atoms with E-state index in [0.717, 1.165) is 12.5 Å². The molecule has 1 heterocycles. The molecule has 14 heavy (non-hydrogen) atoms. The maximum atomic E-state index is 5.95. The molecule has 0 amide bonds. The van der Waals surface area contributed by atoms with E-state index in [4.69, 9.17) is 4.74 Å². The quantitative estimate of drug-likeness (QED) is 0.573. The Hall–Kier alpha value is -0.560. The van der Waals surface area contributed by atoms with Gasteiger partial charge in [-0.3, -0.25) is 0 Å². The minimum absolute atomic E-state index is 0.316. The summed E-state index contributed by atoms with van der Waals surface area (Å²) < 4.78 is 5.95. The fourth-order valence-corrected chi connectivity index (χ4v) is 2.67. The summed E-state index contributed by atoms with van der Waals surface area (Å²) >= 11 is 0. The van der Waals surface area contributed by atoms with Crippen molar-refractivity contribution in [2.75, 3.05) is 6.61 Å². The van der Waals surface area contributed by atoms with Crippen molar-refractivity contribution < 1.29 is 4.74 Å². The molecular formula is C13H20O. The van der Waals surface area contributed by atoms with Crippen LogP contribution in [0.5, 0.6) is 0 Å². The first-order valence-electron chi connectivity index (χ1n) is 5.55. The number of fused-ring (bicyclic) bond motifs is 1. The van der Waals surface area contributed by atoms with E-state index in [-0.39, 0.29) is 0 Å². The van der Waals surface area contributed by atoms with Crippen LogP contribution in [0.2, 0.25) is 0 Å². The average Bonchev–Trinajstić information content (AvgIpc) is 2.24. The zero-order chi connectivity index (χ0) is 10.2. The van der Waals surface area contributed by atoms with Gasteiger partial charge in [-0.2, -0.15) is 0 Å². The van der Waals surface area contributed by atoms with E-state index in [2.05, 4.69) is 45.1 Å². The summed E-state index contributed by atoms with van der Waals surface area (Å²) in [5.74, 6) is 1.31. The molecule has 3 atom stereocenters. The van der Waals surface area contributed by atoms with Gasteiger partial charge in [0.15, 0.2) is 0 Å². The van der Waals surface area contributed by atoms with Crippen molar-refractivity contribution in [1.29, 1.82) is 0 Å². The van der Waals surface area contributed by atoms with Crippen molar-refractivity contribution in [3.63, 3.8) is 0 Å². The van der Waals surface area contributed by atoms with Gasteiger partial charge in [0.2, 0.25) is 0 Å². The number of hydrogen-bond donors (Lipinski definition) is 0. The molecule has 2 rings (SSSR count). The Morgan fingerprint density at radius 1 is 1.21 bits per heavy atom. The molecule has 1 fully saturated rings. The topological polar surface area (TPSA) is 9.23 Å². The smallest absolute Gasteiger partial charge is 0.0824 e. The molecule has 2 aliphatic rings. The minimum Gasteiger partial charge on any atom is -0.373 e. The molecule has 78 valence electrons. The van der Waals surface area contributed by atoms with Gasteiger partial charge in [0.25, 0.3) is 0 Å². The Bertz CT molecular complexity index is 262. The van der Waals surface area contributed by atoms with Crippen LogP contribution in [0.4, 0.5) is 0 Å². The number of hydrogen-bond acceptors (Lipinski definition) is 1. The SMILES string of the molecule is CC1CC(C)(C)COC2C=CC=CC12. The summed E-state index contributed by atoms with van der Waals surface area (Å²) in [6, 6.07) is 0. The Kier molecular flexibility index (Phi) is 2.52. The third-order valence-electron chi connectivity index (χ3n) is 3.32. The maximum absolute atomic E-state index is 5.95. The second kappa shape index (κ2) is 3.54. The van der Waals surface area contributed by atoms with Gasteiger partial charge in [0.05, 0.1) is 12.7 Å². The third kappa shape index (κ3) is 1.93. The Balaban J connectivity index is 2.18. The van der Waals surface area contributed by atoms with Gasteiger partial charge < -0.3 is 4.74 Å². The lowest BCUT2D eigenvalue weighted by Gasteiger charge is -2.26. The van der Waals surface area contributed by atoms with Crippen LogP contribution in [0.3, 0.4) is 0 Å². The van der Waals surface area contributed by atoms with Crippen molar-refractivity contribution in [3.8, 4) is 0 Å². The molecule has 1 aliphatic heterocycles. The zero-order valence-electron chi connectivity index (χ0n) is 9.36. The van der Waals surface area contributed by atoms with Crippen molar-refractivity contribution in [2.45, 2.75) is 33.3 Å². The average molecular weight is 192 g/mol. The Morgan fingerprint density at radius 3 is 2.71 bits per heavy atom. The van der Waals surface area contributed by atoms with E-state index in [1.54, 1.807) is 0 Å². The lowest BCUT2D eigenvalue weighted by atomic mass is 9.77. The van der Waals surface area contributed by atoms with E-state index in [1.807, 2.05) is 0 Å². The lowest BCUT2D eigenvalue weighted by molar-refractivity contribution is 0.0295. The summed E-state index contributed by atoms with van der Waals surface area (Å²) in [4.78, 5) is 0. The van der Waals surface area contributed by atoms with Crippen LogP contribution in [-0.2, 0) is 4.74 Å². The highest BCUT2D eigenvalue weighted by molar-refractivity contribution is 5.17. The highest BCUT2D eigenvalue weighted by Crippen LogP contribution is 2.38. The molecular weight excluding hydrogens is 172 g/mol. The molecule has 0 aromatic rings. The van der Waals surface area contributed by atoms with Crippen LogP contribution in [0.1, 0.15) is 27.2 Å². The fourth-order valence-electron chi connectivity index (χ4n) is 2.67. The normalized spacial score (nSPS) is 40.4. The molecule has 0 aromatic heterocycles. The summed E-state index contributed by atoms with van der Waals surface area (Å²) in [5, 5.41) is 0. The summed E-state index contributed by atoms with van der Waals surface area (Å²) in [5.41, 5.74) is 0.332. The van der Waals surface area contributed by atoms with Gasteiger partial charge in [-0.25, -0.2) is 0 Å². The van der Waals surface area contributed by atoms with E-state index in [1.165, 1.54) is 6.42 Å². The van der Waals surface area contributed by atoms with Crippen LogP contribution in [-0.4, -0.2) is 12.7 Å². The molecule has 0 bridgehead atoms. The first kappa shape index (κ1) is 9.97. The summed E-state index contributed by atoms with van der Waals surface area (Å²) in [6.07, 6.45) is 10.3. The zero-order valence-corrected chi connectivity index (χ0v) is 9.36. The van der Waals surface area contributed by atoms with Crippen molar-refractivity contribution in [3.05, 3.63) is 24.3 Å². The van der Waals surface area contributed by atoms with Gasteiger partial charge in [0.1, 0.15) is 0 Å². The highest BCUT2D eigenvalue weighted by atomic mass is 16.5. The third-order valence-corrected chi connectivity index (χ3v) is 3.32. The summed E-state index contributed by atoms with van der Waals surface area (Å²) in [7, 11) is 0. The maximum Gasteiger partial charge on any atom is 0.0824 e. The van der Waals surface area contributed by atoms with E-state index in [0.29, 0.717) is 17.4 Å². The Labute approximate surface area is 86.8 Å². The fraction of sp³-hybridized carbons (Fsp3) is 0.692. The van der Waals surface area contributed by atoms with Crippen LogP contribution >= 0.6 is 0 Å². The number of ether oxygens (including phenoxy) is 1. The van der Waals surface area contributed by atoms with Crippen molar-refractivity contribution in [2.24, 2.45) is 17.3 Å². The van der Waals surface area contributed by atoms with Gasteiger partial charge in [0, 0.05) is 5.92 Å². The molecule has 0 aromatic carbocycles. The second-order valence-corrected chi connectivity index (χ2v) is 5.47. The molecule has 0 saturated carbocycles. The summed E-state index contributed by atoms with van der Waals surface area (Å²) in [6.45, 7) is 7.83. The molecule has 0 N–H and O–H groups in total. The number of allylic oxidation sites excluding steroid dienone is 2. The van der Waals surface area contributed by atoms with E-state index >= 15 is 0 Å². The second-order valence-electron chi connectivity index (χ2n) is 5.47. The van der Waals surface area contributed by atoms with Crippen LogP contribution in [0, 0.1) is 17.3 Å². The van der Waals surface area contributed by atoms with E-state index in [9.17, 15) is 0 Å². The Morgan fingerprint density at radius 2 is 1.93 bits per heavy atom. The first-order chi connectivity index (χ1) is 6.58. The van der Waals surface area contributed by atoms with Gasteiger partial charge >= 0.3 is 0 Å². The standard InChI is InChI=1S/C13H20O/c1-10-8-13(2,3)9-14-12-7-5-4-6-11(10)12/h4-7,10-12H,8-9H2,1-3H3. The minimum atomic E-state index is 0.316. The van der Waals surface area contributed by atoms with E-state index < -0.39 is 0 Å². The lowest BCUT2D eigenvalue weighted by Crippen LogP contribution is -2.24. The van der Waals surface area contributed by atoms with Gasteiger partial charge in [-0.05, 0) is 17.8 Å². The van der Waals surface area contributed by atoms with Crippen LogP contribution in [0.25, 0.3) is 0 Å². The molecule has 0 spiro atoms. The van der Waals surface area contributed by atoms with Crippen molar-refractivity contribution >= 4 is 0 Å². The molecule has 1 saturated heterocycles. The van der Waals surface area contributed by atoms with Gasteiger partial charge in [-0.1, -0.05) is 45.1 Å². The van der Waals surface area contributed by atoms with Gasteiger partial charge in [-0.15, -0.1) is 0 Å². The van der Waals surface area contributed by atoms with Crippen molar-refractivity contribution in [1.82, 2.24) is 0 Å². The molecule has 1 heteroatoms. The predicted octanol–water partition coefficient (Wildman–Crippen LogP) is 3.18. The predicted molar refractivity (Wildman–Crippen MR) is 59.1 cm³/mol.